The first-order chi connectivity index (χ1) is 5.94. The van der Waals surface area contributed by atoms with Gasteiger partial charge in [-0.3, -0.25) is 0 Å². The van der Waals surface area contributed by atoms with Crippen molar-refractivity contribution in [2.45, 2.75) is 39.7 Å². The molecule has 0 amide bonds. The monoisotopic (exact) mass is 183 g/mol. The lowest BCUT2D eigenvalue weighted by Gasteiger charge is -2.25. The van der Waals surface area contributed by atoms with Gasteiger partial charge in [0.2, 0.25) is 0 Å². The molecular formula is C11H21NO. The van der Waals surface area contributed by atoms with Gasteiger partial charge in [0.1, 0.15) is 0 Å². The molecule has 0 heterocycles. The minimum absolute atomic E-state index is 0.0441. The quantitative estimate of drug-likeness (QED) is 0.694. The van der Waals surface area contributed by atoms with Crippen LogP contribution in [-0.2, 0) is 0 Å². The highest BCUT2D eigenvalue weighted by Gasteiger charge is 2.67. The van der Waals surface area contributed by atoms with E-state index in [2.05, 4.69) is 20.8 Å². The normalized spacial score (nSPS) is 48.7. The van der Waals surface area contributed by atoms with Crippen LogP contribution in [0.5, 0.6) is 0 Å². The van der Waals surface area contributed by atoms with E-state index < -0.39 is 0 Å². The summed E-state index contributed by atoms with van der Waals surface area (Å²) >= 11 is 0. The van der Waals surface area contributed by atoms with Gasteiger partial charge >= 0.3 is 0 Å². The molecule has 4 unspecified atom stereocenters. The van der Waals surface area contributed by atoms with Crippen LogP contribution in [0.25, 0.3) is 0 Å². The van der Waals surface area contributed by atoms with Crippen molar-refractivity contribution in [3.63, 3.8) is 0 Å². The SMILES string of the molecule is CC1CC1C(O)C1(CN)CC1(C)C. The Morgan fingerprint density at radius 1 is 1.54 bits per heavy atom. The molecule has 0 bridgehead atoms. The van der Waals surface area contributed by atoms with E-state index in [-0.39, 0.29) is 16.9 Å². The van der Waals surface area contributed by atoms with Gasteiger partial charge in [0.05, 0.1) is 6.10 Å². The van der Waals surface area contributed by atoms with E-state index in [0.29, 0.717) is 12.5 Å². The summed E-state index contributed by atoms with van der Waals surface area (Å²) in [6.45, 7) is 7.30. The lowest BCUT2D eigenvalue weighted by molar-refractivity contribution is 0.0520. The molecule has 2 nitrogen and oxygen atoms in total. The molecule has 2 rings (SSSR count). The molecule has 2 saturated carbocycles. The molecule has 0 aromatic rings. The number of hydrogen-bond acceptors (Lipinski definition) is 2. The second-order valence-electron chi connectivity index (χ2n) is 5.74. The number of aliphatic hydroxyl groups excluding tert-OH is 1. The van der Waals surface area contributed by atoms with E-state index in [1.165, 1.54) is 6.42 Å². The predicted octanol–water partition coefficient (Wildman–Crippen LogP) is 1.38. The zero-order valence-electron chi connectivity index (χ0n) is 8.88. The highest BCUT2D eigenvalue weighted by Crippen LogP contribution is 2.68. The average Bonchev–Trinajstić information content (AvgIpc) is 2.88. The summed E-state index contributed by atoms with van der Waals surface area (Å²) in [7, 11) is 0. The highest BCUT2D eigenvalue weighted by molar-refractivity contribution is 5.16. The standard InChI is InChI=1S/C11H21NO/c1-7-4-8(7)9(13)11(6-12)5-10(11,2)3/h7-9,13H,4-6,12H2,1-3H3. The Kier molecular flexibility index (Phi) is 1.81. The maximum atomic E-state index is 10.2. The molecule has 0 saturated heterocycles. The number of rotatable bonds is 3. The fourth-order valence-corrected chi connectivity index (χ4v) is 2.92. The van der Waals surface area contributed by atoms with Crippen molar-refractivity contribution in [1.29, 1.82) is 0 Å². The van der Waals surface area contributed by atoms with Gasteiger partial charge in [0.15, 0.2) is 0 Å². The third kappa shape index (κ3) is 1.15. The van der Waals surface area contributed by atoms with Crippen LogP contribution in [-0.4, -0.2) is 17.8 Å². The molecular weight excluding hydrogens is 162 g/mol. The molecule has 0 spiro atoms. The molecule has 76 valence electrons. The second kappa shape index (κ2) is 2.48. The first kappa shape index (κ1) is 9.47. The zero-order valence-corrected chi connectivity index (χ0v) is 8.88. The third-order valence-corrected chi connectivity index (χ3v) is 4.49. The Morgan fingerprint density at radius 2 is 2.00 bits per heavy atom. The van der Waals surface area contributed by atoms with Crippen molar-refractivity contribution in [2.75, 3.05) is 6.54 Å². The zero-order chi connectivity index (χ0) is 9.85. The van der Waals surface area contributed by atoms with Crippen LogP contribution in [0, 0.1) is 22.7 Å². The third-order valence-electron chi connectivity index (χ3n) is 4.49. The van der Waals surface area contributed by atoms with Crippen molar-refractivity contribution in [2.24, 2.45) is 28.4 Å². The summed E-state index contributed by atoms with van der Waals surface area (Å²) in [5.74, 6) is 1.25. The van der Waals surface area contributed by atoms with Crippen molar-refractivity contribution in [3.05, 3.63) is 0 Å². The van der Waals surface area contributed by atoms with Crippen molar-refractivity contribution in [1.82, 2.24) is 0 Å². The summed E-state index contributed by atoms with van der Waals surface area (Å²) in [4.78, 5) is 0. The van der Waals surface area contributed by atoms with Gasteiger partial charge in [-0.1, -0.05) is 20.8 Å². The average molecular weight is 183 g/mol. The Bertz CT molecular complexity index is 226. The van der Waals surface area contributed by atoms with Gasteiger partial charge in [-0.15, -0.1) is 0 Å². The first-order valence-corrected chi connectivity index (χ1v) is 5.33. The lowest BCUT2D eigenvalue weighted by Crippen LogP contribution is -2.35. The summed E-state index contributed by atoms with van der Waals surface area (Å²) in [6.07, 6.45) is 2.14. The van der Waals surface area contributed by atoms with E-state index in [0.717, 1.165) is 12.3 Å². The summed E-state index contributed by atoms with van der Waals surface area (Å²) in [6, 6.07) is 0. The molecule has 2 aliphatic rings. The molecule has 0 aliphatic heterocycles. The molecule has 0 aromatic heterocycles. The molecule has 2 aliphatic carbocycles. The van der Waals surface area contributed by atoms with E-state index in [9.17, 15) is 5.11 Å². The fourth-order valence-electron chi connectivity index (χ4n) is 2.92. The van der Waals surface area contributed by atoms with Crippen molar-refractivity contribution < 1.29 is 5.11 Å². The van der Waals surface area contributed by atoms with E-state index in [1.54, 1.807) is 0 Å². The smallest absolute Gasteiger partial charge is 0.0644 e. The minimum atomic E-state index is -0.150. The predicted molar refractivity (Wildman–Crippen MR) is 53.2 cm³/mol. The Hall–Kier alpha value is -0.0800. The second-order valence-corrected chi connectivity index (χ2v) is 5.74. The van der Waals surface area contributed by atoms with Crippen LogP contribution in [0.3, 0.4) is 0 Å². The van der Waals surface area contributed by atoms with E-state index in [1.807, 2.05) is 0 Å². The van der Waals surface area contributed by atoms with Crippen LogP contribution in [0.15, 0.2) is 0 Å². The Labute approximate surface area is 80.5 Å². The van der Waals surface area contributed by atoms with Gasteiger partial charge in [-0.05, 0) is 30.1 Å². The molecule has 2 fully saturated rings. The number of nitrogens with two attached hydrogens (primary N) is 1. The Morgan fingerprint density at radius 3 is 2.23 bits per heavy atom. The minimum Gasteiger partial charge on any atom is -0.392 e. The van der Waals surface area contributed by atoms with E-state index in [4.69, 9.17) is 5.73 Å². The van der Waals surface area contributed by atoms with Crippen molar-refractivity contribution >= 4 is 0 Å². The highest BCUT2D eigenvalue weighted by atomic mass is 16.3. The van der Waals surface area contributed by atoms with E-state index >= 15 is 0 Å². The summed E-state index contributed by atoms with van der Waals surface area (Å²) < 4.78 is 0. The maximum Gasteiger partial charge on any atom is 0.0644 e. The molecule has 0 radical (unpaired) electrons. The van der Waals surface area contributed by atoms with Gasteiger partial charge < -0.3 is 10.8 Å². The van der Waals surface area contributed by atoms with Gasteiger partial charge in [-0.25, -0.2) is 0 Å². The summed E-state index contributed by atoms with van der Waals surface area (Å²) in [5, 5.41) is 10.2. The summed E-state index contributed by atoms with van der Waals surface area (Å²) in [5.41, 5.74) is 6.11. The van der Waals surface area contributed by atoms with Crippen LogP contribution in [0.4, 0.5) is 0 Å². The van der Waals surface area contributed by atoms with Crippen LogP contribution in [0.2, 0.25) is 0 Å². The maximum absolute atomic E-state index is 10.2. The van der Waals surface area contributed by atoms with Crippen LogP contribution >= 0.6 is 0 Å². The van der Waals surface area contributed by atoms with Gasteiger partial charge in [-0.2, -0.15) is 0 Å². The molecule has 4 atom stereocenters. The molecule has 2 heteroatoms. The molecule has 0 aromatic carbocycles. The number of hydrogen-bond donors (Lipinski definition) is 2. The van der Waals surface area contributed by atoms with Gasteiger partial charge in [0, 0.05) is 12.0 Å². The topological polar surface area (TPSA) is 46.2 Å². The van der Waals surface area contributed by atoms with Gasteiger partial charge in [0.25, 0.3) is 0 Å². The van der Waals surface area contributed by atoms with Crippen molar-refractivity contribution in [3.8, 4) is 0 Å². The first-order valence-electron chi connectivity index (χ1n) is 5.33. The number of aliphatic hydroxyl groups is 1. The molecule has 13 heavy (non-hydrogen) atoms. The van der Waals surface area contributed by atoms with Crippen LogP contribution in [0.1, 0.15) is 33.6 Å². The largest absolute Gasteiger partial charge is 0.392 e. The lowest BCUT2D eigenvalue weighted by atomic mass is 9.87. The molecule has 3 N–H and O–H groups in total. The van der Waals surface area contributed by atoms with Crippen LogP contribution < -0.4 is 5.73 Å². The fraction of sp³-hybridized carbons (Fsp3) is 1.00. The Balaban J connectivity index is 2.07.